The van der Waals surface area contributed by atoms with Crippen LogP contribution in [-0.4, -0.2) is 21.5 Å². The minimum atomic E-state index is -0.00288. The lowest BCUT2D eigenvalue weighted by Gasteiger charge is -2.08. The minimum absolute atomic E-state index is 0.00288. The predicted molar refractivity (Wildman–Crippen MR) is 111 cm³/mol. The number of para-hydroxylation sites is 1. The Morgan fingerprint density at radius 2 is 1.85 bits per heavy atom. The molecule has 27 heavy (non-hydrogen) atoms. The molecule has 0 aliphatic heterocycles. The Balaban J connectivity index is 2.07. The van der Waals surface area contributed by atoms with E-state index in [1.807, 2.05) is 6.07 Å². The van der Waals surface area contributed by atoms with E-state index >= 15 is 0 Å². The smallest absolute Gasteiger partial charge is 0.153 e. The molecule has 0 bridgehead atoms. The summed E-state index contributed by atoms with van der Waals surface area (Å²) in [5.74, 6) is 0.145. The van der Waals surface area contributed by atoms with E-state index in [-0.39, 0.29) is 17.1 Å². The molecule has 0 aliphatic rings. The van der Waals surface area contributed by atoms with Crippen molar-refractivity contribution >= 4 is 28.1 Å². The van der Waals surface area contributed by atoms with Crippen LogP contribution in [-0.2, 0) is 6.42 Å². The largest absolute Gasteiger partial charge is 0.507 e. The van der Waals surface area contributed by atoms with Crippen LogP contribution in [0.15, 0.2) is 47.6 Å². The van der Waals surface area contributed by atoms with Crippen molar-refractivity contribution in [3.05, 3.63) is 58.7 Å². The van der Waals surface area contributed by atoms with Crippen LogP contribution in [0.5, 0.6) is 11.5 Å². The maximum Gasteiger partial charge on any atom is 0.153 e. The summed E-state index contributed by atoms with van der Waals surface area (Å²) in [7, 11) is 0. The van der Waals surface area contributed by atoms with Gasteiger partial charge >= 0.3 is 0 Å². The third-order valence-corrected chi connectivity index (χ3v) is 4.89. The highest BCUT2D eigenvalue weighted by atomic mass is 16.3. The summed E-state index contributed by atoms with van der Waals surface area (Å²) in [6.45, 7) is 6.25. The number of aromatic nitrogens is 1. The minimum Gasteiger partial charge on any atom is -0.507 e. The zero-order chi connectivity index (χ0) is 19.6. The number of aldehydes is 1. The zero-order valence-electron chi connectivity index (χ0n) is 16.0. The van der Waals surface area contributed by atoms with Gasteiger partial charge in [-0.1, -0.05) is 35.4 Å². The van der Waals surface area contributed by atoms with Crippen molar-refractivity contribution in [1.29, 1.82) is 0 Å². The number of benzene rings is 2. The topological polar surface area (TPSA) is 73.3 Å². The Bertz CT molecular complexity index is 1070. The van der Waals surface area contributed by atoms with E-state index in [2.05, 4.69) is 37.9 Å². The fourth-order valence-electron chi connectivity index (χ4n) is 3.38. The van der Waals surface area contributed by atoms with Crippen molar-refractivity contribution in [3.8, 4) is 11.5 Å². The fourth-order valence-corrected chi connectivity index (χ4v) is 3.38. The summed E-state index contributed by atoms with van der Waals surface area (Å²) in [6.07, 6.45) is 7.42. The van der Waals surface area contributed by atoms with E-state index in [4.69, 9.17) is 0 Å². The highest BCUT2D eigenvalue weighted by Crippen LogP contribution is 2.37. The van der Waals surface area contributed by atoms with Crippen LogP contribution in [0.2, 0.25) is 0 Å². The second-order valence-electron chi connectivity index (χ2n) is 7.23. The number of rotatable bonds is 6. The molecule has 0 amide bonds. The number of fused-ring (bicyclic) bond motifs is 3. The third kappa shape index (κ3) is 3.75. The average molecular weight is 363 g/mol. The molecule has 4 nitrogen and oxygen atoms in total. The first-order valence-electron chi connectivity index (χ1n) is 9.14. The molecular formula is C23H25NO3. The molecule has 0 saturated heterocycles. The van der Waals surface area contributed by atoms with E-state index in [0.29, 0.717) is 23.8 Å². The van der Waals surface area contributed by atoms with Crippen LogP contribution in [0.25, 0.3) is 21.8 Å². The lowest BCUT2D eigenvalue weighted by molar-refractivity contribution is 0.112. The van der Waals surface area contributed by atoms with Gasteiger partial charge in [0.15, 0.2) is 6.29 Å². The van der Waals surface area contributed by atoms with Gasteiger partial charge in [0.25, 0.3) is 0 Å². The van der Waals surface area contributed by atoms with Gasteiger partial charge in [0.05, 0.1) is 16.6 Å². The number of aromatic hydroxyl groups is 2. The monoisotopic (exact) mass is 363 g/mol. The Kier molecular flexibility index (Phi) is 5.36. The van der Waals surface area contributed by atoms with Crippen molar-refractivity contribution in [3.63, 3.8) is 0 Å². The van der Waals surface area contributed by atoms with Crippen molar-refractivity contribution in [1.82, 2.24) is 4.98 Å². The number of carbonyl (C=O) groups excluding carboxylic acids is 1. The van der Waals surface area contributed by atoms with Gasteiger partial charge in [-0.25, -0.2) is 0 Å². The first-order valence-corrected chi connectivity index (χ1v) is 9.14. The number of H-pyrrole nitrogens is 1. The predicted octanol–water partition coefficient (Wildman–Crippen LogP) is 5.78. The summed E-state index contributed by atoms with van der Waals surface area (Å²) in [6, 6.07) is 6.95. The second-order valence-corrected chi connectivity index (χ2v) is 7.23. The number of nitrogens with one attached hydrogen (secondary N) is 1. The van der Waals surface area contributed by atoms with E-state index in [1.165, 1.54) is 11.1 Å². The van der Waals surface area contributed by atoms with Crippen LogP contribution in [0, 0.1) is 0 Å². The molecule has 0 radical (unpaired) electrons. The molecule has 0 spiro atoms. The molecule has 0 aliphatic carbocycles. The number of allylic oxidation sites excluding steroid dienone is 4. The summed E-state index contributed by atoms with van der Waals surface area (Å²) in [5.41, 5.74) is 4.83. The summed E-state index contributed by atoms with van der Waals surface area (Å²) in [5, 5.41) is 22.4. The van der Waals surface area contributed by atoms with Crippen LogP contribution >= 0.6 is 0 Å². The van der Waals surface area contributed by atoms with E-state index in [0.717, 1.165) is 29.1 Å². The third-order valence-electron chi connectivity index (χ3n) is 4.89. The van der Waals surface area contributed by atoms with Gasteiger partial charge in [0.2, 0.25) is 0 Å². The molecule has 3 N–H and O–H groups in total. The van der Waals surface area contributed by atoms with Gasteiger partial charge in [-0.3, -0.25) is 4.79 Å². The summed E-state index contributed by atoms with van der Waals surface area (Å²) >= 11 is 0. The zero-order valence-corrected chi connectivity index (χ0v) is 16.0. The number of hydrogen-bond acceptors (Lipinski definition) is 3. The molecule has 3 aromatic rings. The van der Waals surface area contributed by atoms with Crippen molar-refractivity contribution in [2.45, 2.75) is 40.0 Å². The SMILES string of the molecule is CC(C)=CCC/C(C)=C/Cc1c(O)c(C=O)cc2c1[nH]c1c(O)cccc12. The number of phenols is 2. The van der Waals surface area contributed by atoms with Crippen molar-refractivity contribution in [2.75, 3.05) is 0 Å². The standard InChI is InChI=1S/C23H25NO3/c1-14(2)6-4-7-15(3)10-11-18-21-19(12-16(13-25)23(18)27)17-8-5-9-20(26)22(17)24-21/h5-6,8-10,12-13,24,26-27H,4,7,11H2,1-3H3/b15-10+. The first-order chi connectivity index (χ1) is 12.9. The van der Waals surface area contributed by atoms with Crippen LogP contribution < -0.4 is 0 Å². The number of aromatic amines is 1. The van der Waals surface area contributed by atoms with Crippen LogP contribution in [0.4, 0.5) is 0 Å². The van der Waals surface area contributed by atoms with Crippen molar-refractivity contribution < 1.29 is 15.0 Å². The highest BCUT2D eigenvalue weighted by molar-refractivity contribution is 6.12. The number of phenolic OH excluding ortho intramolecular Hbond substituents is 2. The van der Waals surface area contributed by atoms with Crippen LogP contribution in [0.3, 0.4) is 0 Å². The van der Waals surface area contributed by atoms with E-state index < -0.39 is 0 Å². The van der Waals surface area contributed by atoms with Gasteiger partial charge < -0.3 is 15.2 Å². The Labute approximate surface area is 158 Å². The maximum absolute atomic E-state index is 11.4. The van der Waals surface area contributed by atoms with E-state index in [9.17, 15) is 15.0 Å². The van der Waals surface area contributed by atoms with Gasteiger partial charge in [0, 0.05) is 16.3 Å². The lowest BCUT2D eigenvalue weighted by atomic mass is 9.99. The van der Waals surface area contributed by atoms with Gasteiger partial charge in [-0.15, -0.1) is 0 Å². The van der Waals surface area contributed by atoms with Gasteiger partial charge in [-0.2, -0.15) is 0 Å². The molecule has 0 unspecified atom stereocenters. The van der Waals surface area contributed by atoms with Crippen LogP contribution in [0.1, 0.15) is 49.5 Å². The maximum atomic E-state index is 11.4. The molecule has 0 atom stereocenters. The molecule has 0 fully saturated rings. The Hall–Kier alpha value is -3.01. The van der Waals surface area contributed by atoms with Crippen molar-refractivity contribution in [2.24, 2.45) is 0 Å². The quantitative estimate of drug-likeness (QED) is 0.384. The highest BCUT2D eigenvalue weighted by Gasteiger charge is 2.17. The van der Waals surface area contributed by atoms with Gasteiger partial charge in [-0.05, 0) is 52.2 Å². The fraction of sp³-hybridized carbons (Fsp3) is 0.261. The molecular weight excluding hydrogens is 338 g/mol. The molecule has 3 rings (SSSR count). The second kappa shape index (κ2) is 7.70. The normalized spacial score (nSPS) is 11.9. The molecule has 0 saturated carbocycles. The Morgan fingerprint density at radius 3 is 2.56 bits per heavy atom. The first kappa shape index (κ1) is 18.8. The Morgan fingerprint density at radius 1 is 1.07 bits per heavy atom. The summed E-state index contributed by atoms with van der Waals surface area (Å²) in [4.78, 5) is 14.7. The number of hydrogen-bond donors (Lipinski definition) is 3. The molecule has 140 valence electrons. The van der Waals surface area contributed by atoms with Gasteiger partial charge in [0.1, 0.15) is 11.5 Å². The summed E-state index contributed by atoms with van der Waals surface area (Å²) < 4.78 is 0. The average Bonchev–Trinajstić information content (AvgIpc) is 3.00. The molecule has 4 heteroatoms. The number of carbonyl (C=O) groups is 1. The molecule has 2 aromatic carbocycles. The molecule has 1 aromatic heterocycles. The lowest BCUT2D eigenvalue weighted by Crippen LogP contribution is -1.92. The molecule has 1 heterocycles. The van der Waals surface area contributed by atoms with E-state index in [1.54, 1.807) is 18.2 Å².